The topological polar surface area (TPSA) is 84.0 Å². The summed E-state index contributed by atoms with van der Waals surface area (Å²) >= 11 is 8.52. The second-order valence-corrected chi connectivity index (χ2v) is 7.18. The van der Waals surface area contributed by atoms with Gasteiger partial charge in [0.25, 0.3) is 0 Å². The van der Waals surface area contributed by atoms with Crippen LogP contribution in [0.1, 0.15) is 18.9 Å². The molecule has 6 nitrogen and oxygen atoms in total. The van der Waals surface area contributed by atoms with E-state index < -0.39 is 0 Å². The summed E-state index contributed by atoms with van der Waals surface area (Å²) in [5.74, 6) is -0.0852. The van der Waals surface area contributed by atoms with Crippen molar-refractivity contribution in [3.05, 3.63) is 28.8 Å². The first-order chi connectivity index (χ1) is 11.0. The van der Waals surface area contributed by atoms with Gasteiger partial charge in [-0.25, -0.2) is 0 Å². The van der Waals surface area contributed by atoms with Gasteiger partial charge in [0.2, 0.25) is 16.9 Å². The third-order valence-electron chi connectivity index (χ3n) is 2.76. The van der Waals surface area contributed by atoms with Crippen molar-refractivity contribution in [3.63, 3.8) is 0 Å². The number of carbonyl (C=O) groups is 2. The lowest BCUT2D eigenvalue weighted by Gasteiger charge is -2.05. The average Bonchev–Trinajstić information content (AvgIpc) is 2.96. The molecule has 2 amide bonds. The molecule has 0 atom stereocenters. The molecule has 2 rings (SSSR count). The Kier molecular flexibility index (Phi) is 6.37. The Hall–Kier alpha value is -1.64. The lowest BCUT2D eigenvalue weighted by molar-refractivity contribution is -0.116. The van der Waals surface area contributed by atoms with E-state index in [1.807, 2.05) is 13.0 Å². The van der Waals surface area contributed by atoms with Crippen LogP contribution in [0.5, 0.6) is 0 Å². The van der Waals surface area contributed by atoms with E-state index in [1.165, 1.54) is 23.1 Å². The predicted molar refractivity (Wildman–Crippen MR) is 94.4 cm³/mol. The fourth-order valence-corrected chi connectivity index (χ4v) is 3.27. The van der Waals surface area contributed by atoms with E-state index in [-0.39, 0.29) is 17.6 Å². The molecule has 9 heteroatoms. The number of aromatic nitrogens is 2. The molecule has 0 unspecified atom stereocenters. The van der Waals surface area contributed by atoms with Crippen molar-refractivity contribution in [1.29, 1.82) is 0 Å². The number of halogens is 1. The van der Waals surface area contributed by atoms with E-state index in [1.54, 1.807) is 19.1 Å². The molecule has 2 aromatic rings. The quantitative estimate of drug-likeness (QED) is 0.599. The van der Waals surface area contributed by atoms with Gasteiger partial charge in [-0.3, -0.25) is 9.59 Å². The minimum absolute atomic E-state index is 0.119. The number of amides is 2. The summed E-state index contributed by atoms with van der Waals surface area (Å²) in [6, 6.07) is 5.36. The second kappa shape index (κ2) is 8.28. The number of thioether (sulfide) groups is 1. The molecule has 1 aromatic carbocycles. The zero-order valence-corrected chi connectivity index (χ0v) is 14.9. The molecule has 0 radical (unpaired) electrons. The monoisotopic (exact) mass is 370 g/mol. The molecule has 122 valence electrons. The van der Waals surface area contributed by atoms with Gasteiger partial charge in [0.15, 0.2) is 4.34 Å². The molecule has 2 N–H and O–H groups in total. The van der Waals surface area contributed by atoms with Gasteiger partial charge in [-0.1, -0.05) is 47.7 Å². The number of nitrogens with one attached hydrogen (secondary N) is 2. The first-order valence-electron chi connectivity index (χ1n) is 6.80. The van der Waals surface area contributed by atoms with Crippen LogP contribution < -0.4 is 10.6 Å². The maximum atomic E-state index is 11.9. The molecule has 1 heterocycles. The molecule has 23 heavy (non-hydrogen) atoms. The molecule has 0 saturated carbocycles. The number of nitrogens with zero attached hydrogens (tertiary/aromatic N) is 2. The Morgan fingerprint density at radius 2 is 2.04 bits per heavy atom. The van der Waals surface area contributed by atoms with Gasteiger partial charge >= 0.3 is 0 Å². The average molecular weight is 371 g/mol. The number of benzene rings is 1. The summed E-state index contributed by atoms with van der Waals surface area (Å²) in [6.45, 7) is 3.65. The molecule has 0 spiro atoms. The molecule has 1 aromatic heterocycles. The Labute approximate surface area is 147 Å². The second-order valence-electron chi connectivity index (χ2n) is 4.58. The maximum absolute atomic E-state index is 11.9. The highest BCUT2D eigenvalue weighted by Gasteiger charge is 2.10. The molecule has 0 aliphatic carbocycles. The third kappa shape index (κ3) is 5.49. The highest BCUT2D eigenvalue weighted by Crippen LogP contribution is 2.26. The standard InChI is InChI=1S/C14H15ClN4O2S2/c1-3-11(20)17-13-18-19-14(23-13)22-7-12(21)16-9-5-4-8(2)10(15)6-9/h4-6H,3,7H2,1-2H3,(H,16,21)(H,17,18,20). The number of carbonyl (C=O) groups excluding carboxylic acids is 2. The van der Waals surface area contributed by atoms with Crippen molar-refractivity contribution in [2.75, 3.05) is 16.4 Å². The van der Waals surface area contributed by atoms with Crippen LogP contribution in [0.3, 0.4) is 0 Å². The molecule has 0 bridgehead atoms. The van der Waals surface area contributed by atoms with Crippen molar-refractivity contribution in [2.45, 2.75) is 24.6 Å². The van der Waals surface area contributed by atoms with Crippen molar-refractivity contribution < 1.29 is 9.59 Å². The minimum atomic E-state index is -0.163. The Morgan fingerprint density at radius 1 is 1.26 bits per heavy atom. The highest BCUT2D eigenvalue weighted by atomic mass is 35.5. The van der Waals surface area contributed by atoms with Gasteiger partial charge in [0.05, 0.1) is 5.75 Å². The predicted octanol–water partition coefficient (Wildman–Crippen LogP) is 3.58. The smallest absolute Gasteiger partial charge is 0.234 e. The van der Waals surface area contributed by atoms with E-state index in [9.17, 15) is 9.59 Å². The molecule has 0 aliphatic rings. The fourth-order valence-electron chi connectivity index (χ4n) is 1.52. The summed E-state index contributed by atoms with van der Waals surface area (Å²) in [5.41, 5.74) is 1.61. The van der Waals surface area contributed by atoms with Crippen LogP contribution in [0.2, 0.25) is 5.02 Å². The highest BCUT2D eigenvalue weighted by molar-refractivity contribution is 8.01. The molecular weight excluding hydrogens is 356 g/mol. The van der Waals surface area contributed by atoms with Crippen molar-refractivity contribution in [1.82, 2.24) is 10.2 Å². The number of hydrogen-bond acceptors (Lipinski definition) is 6. The normalized spacial score (nSPS) is 10.4. The molecular formula is C14H15ClN4O2S2. The largest absolute Gasteiger partial charge is 0.325 e. The van der Waals surface area contributed by atoms with E-state index in [0.717, 1.165) is 5.56 Å². The lowest BCUT2D eigenvalue weighted by atomic mass is 10.2. The van der Waals surface area contributed by atoms with Crippen LogP contribution in [0.15, 0.2) is 22.5 Å². The Morgan fingerprint density at radius 3 is 2.74 bits per heavy atom. The van der Waals surface area contributed by atoms with Crippen molar-refractivity contribution in [2.24, 2.45) is 0 Å². The van der Waals surface area contributed by atoms with Crippen molar-refractivity contribution >= 4 is 57.3 Å². The minimum Gasteiger partial charge on any atom is -0.325 e. The SMILES string of the molecule is CCC(=O)Nc1nnc(SCC(=O)Nc2ccc(C)c(Cl)c2)s1. The molecule has 0 aliphatic heterocycles. The van der Waals surface area contributed by atoms with E-state index in [0.29, 0.717) is 26.6 Å². The number of aryl methyl sites for hydroxylation is 1. The number of anilines is 2. The first-order valence-corrected chi connectivity index (χ1v) is 8.98. The van der Waals surface area contributed by atoms with E-state index in [2.05, 4.69) is 20.8 Å². The zero-order valence-electron chi connectivity index (χ0n) is 12.6. The van der Waals surface area contributed by atoms with Gasteiger partial charge in [0.1, 0.15) is 0 Å². The fraction of sp³-hybridized carbons (Fsp3) is 0.286. The van der Waals surface area contributed by atoms with Crippen LogP contribution in [-0.2, 0) is 9.59 Å². The number of hydrogen-bond donors (Lipinski definition) is 2. The molecule has 0 saturated heterocycles. The van der Waals surface area contributed by atoms with Crippen LogP contribution in [-0.4, -0.2) is 27.8 Å². The summed E-state index contributed by atoms with van der Waals surface area (Å²) in [7, 11) is 0. The third-order valence-corrected chi connectivity index (χ3v) is 5.14. The van der Waals surface area contributed by atoms with Gasteiger partial charge in [-0.05, 0) is 24.6 Å². The van der Waals surface area contributed by atoms with Gasteiger partial charge in [-0.15, -0.1) is 10.2 Å². The zero-order chi connectivity index (χ0) is 16.8. The van der Waals surface area contributed by atoms with Gasteiger partial charge < -0.3 is 10.6 Å². The van der Waals surface area contributed by atoms with Crippen LogP contribution in [0, 0.1) is 6.92 Å². The first kappa shape index (κ1) is 17.7. The maximum Gasteiger partial charge on any atom is 0.234 e. The molecule has 0 fully saturated rings. The van der Waals surface area contributed by atoms with Crippen LogP contribution in [0.25, 0.3) is 0 Å². The van der Waals surface area contributed by atoms with Gasteiger partial charge in [-0.2, -0.15) is 0 Å². The number of rotatable bonds is 6. The van der Waals surface area contributed by atoms with Crippen LogP contribution >= 0.6 is 34.7 Å². The van der Waals surface area contributed by atoms with E-state index in [4.69, 9.17) is 11.6 Å². The van der Waals surface area contributed by atoms with E-state index >= 15 is 0 Å². The summed E-state index contributed by atoms with van der Waals surface area (Å²) in [5, 5.41) is 14.2. The van der Waals surface area contributed by atoms with Crippen molar-refractivity contribution in [3.8, 4) is 0 Å². The van der Waals surface area contributed by atoms with Crippen LogP contribution in [0.4, 0.5) is 10.8 Å². The summed E-state index contributed by atoms with van der Waals surface area (Å²) in [4.78, 5) is 23.2. The lowest BCUT2D eigenvalue weighted by Crippen LogP contribution is -2.13. The van der Waals surface area contributed by atoms with Gasteiger partial charge in [0, 0.05) is 17.1 Å². The summed E-state index contributed by atoms with van der Waals surface area (Å²) < 4.78 is 0.619. The Bertz CT molecular complexity index is 721. The summed E-state index contributed by atoms with van der Waals surface area (Å²) in [6.07, 6.45) is 0.379. The Balaban J connectivity index is 1.84.